The van der Waals surface area contributed by atoms with E-state index in [4.69, 9.17) is 18.9 Å². The average Bonchev–Trinajstić information content (AvgIpc) is 2.99. The van der Waals surface area contributed by atoms with E-state index >= 15 is 0 Å². The lowest BCUT2D eigenvalue weighted by atomic mass is 9.93. The molecule has 0 radical (unpaired) electrons. The van der Waals surface area contributed by atoms with Gasteiger partial charge in [-0.2, -0.15) is 0 Å². The second-order valence-corrected chi connectivity index (χ2v) is 10.6. The summed E-state index contributed by atoms with van der Waals surface area (Å²) < 4.78 is 22.1. The van der Waals surface area contributed by atoms with E-state index in [2.05, 4.69) is 34.6 Å². The van der Waals surface area contributed by atoms with Crippen molar-refractivity contribution in [2.24, 2.45) is 11.8 Å². The number of rotatable bonds is 20. The van der Waals surface area contributed by atoms with Crippen molar-refractivity contribution >= 4 is 11.9 Å². The Bertz CT molecular complexity index is 889. The highest BCUT2D eigenvalue weighted by Crippen LogP contribution is 2.27. The van der Waals surface area contributed by atoms with Gasteiger partial charge in [-0.05, 0) is 60.1 Å². The van der Waals surface area contributed by atoms with Gasteiger partial charge >= 0.3 is 11.9 Å². The van der Waals surface area contributed by atoms with Gasteiger partial charge < -0.3 is 18.9 Å². The number of carbonyl (C=O) groups is 2. The third-order valence-corrected chi connectivity index (χ3v) is 7.52. The van der Waals surface area contributed by atoms with Gasteiger partial charge in [0.15, 0.2) is 13.2 Å². The number of carbonyl (C=O) groups excluding carboxylic acids is 2. The van der Waals surface area contributed by atoms with Crippen LogP contribution in [0.2, 0.25) is 0 Å². The fourth-order valence-electron chi connectivity index (χ4n) is 4.48. The third-order valence-electron chi connectivity index (χ3n) is 7.52. The number of benzene rings is 2. The number of unbranched alkanes of at least 4 members (excludes halogenated alkanes) is 2. The molecule has 2 aromatic carbocycles. The number of esters is 2. The molecule has 0 saturated heterocycles. The fraction of sp³-hybridized carbons (Fsp3) is 0.588. The van der Waals surface area contributed by atoms with Crippen molar-refractivity contribution in [1.29, 1.82) is 0 Å². The molecule has 2 aromatic rings. The topological polar surface area (TPSA) is 71.1 Å². The molecular weight excluding hydrogens is 504 g/mol. The molecule has 0 amide bonds. The molecule has 0 heterocycles. The Balaban J connectivity index is 1.76. The van der Waals surface area contributed by atoms with E-state index in [1.165, 1.54) is 0 Å². The van der Waals surface area contributed by atoms with Gasteiger partial charge in [-0.15, -0.1) is 0 Å². The van der Waals surface area contributed by atoms with Gasteiger partial charge in [-0.3, -0.25) is 0 Å². The second-order valence-electron chi connectivity index (χ2n) is 10.6. The second kappa shape index (κ2) is 19.1. The van der Waals surface area contributed by atoms with Crippen molar-refractivity contribution in [3.63, 3.8) is 0 Å². The Labute approximate surface area is 241 Å². The molecule has 3 atom stereocenters. The van der Waals surface area contributed by atoms with Gasteiger partial charge in [0.05, 0.1) is 13.2 Å². The van der Waals surface area contributed by atoms with E-state index in [1.54, 1.807) is 0 Å². The summed E-state index contributed by atoms with van der Waals surface area (Å²) in [5.74, 6) is 1.59. The van der Waals surface area contributed by atoms with Crippen molar-refractivity contribution in [3.8, 4) is 11.5 Å². The first-order chi connectivity index (χ1) is 19.4. The maximum absolute atomic E-state index is 12.1. The van der Waals surface area contributed by atoms with Gasteiger partial charge in [0.2, 0.25) is 0 Å². The summed E-state index contributed by atoms with van der Waals surface area (Å²) in [5, 5.41) is 0. The fourth-order valence-corrected chi connectivity index (χ4v) is 4.48. The summed E-state index contributed by atoms with van der Waals surface area (Å²) in [4.78, 5) is 24.2. The van der Waals surface area contributed by atoms with E-state index in [1.807, 2.05) is 48.5 Å². The van der Waals surface area contributed by atoms with Gasteiger partial charge in [-0.1, -0.05) is 97.4 Å². The summed E-state index contributed by atoms with van der Waals surface area (Å²) in [6.45, 7) is 11.5. The Morgan fingerprint density at radius 2 is 1.00 bits per heavy atom. The highest BCUT2D eigenvalue weighted by atomic mass is 16.6. The lowest BCUT2D eigenvalue weighted by molar-refractivity contribution is -0.148. The van der Waals surface area contributed by atoms with E-state index in [9.17, 15) is 9.59 Å². The van der Waals surface area contributed by atoms with E-state index in [-0.39, 0.29) is 31.1 Å². The van der Waals surface area contributed by atoms with Crippen LogP contribution in [-0.2, 0) is 19.1 Å². The van der Waals surface area contributed by atoms with E-state index in [0.717, 1.165) is 62.5 Å². The Hall–Kier alpha value is -3.02. The molecule has 6 heteroatoms. The number of hydrogen-bond donors (Lipinski definition) is 0. The van der Waals surface area contributed by atoms with Gasteiger partial charge in [0.25, 0.3) is 0 Å². The largest absolute Gasteiger partial charge is 0.482 e. The molecule has 0 N–H and O–H groups in total. The summed E-state index contributed by atoms with van der Waals surface area (Å²) in [6, 6.07) is 15.5. The molecule has 0 aliphatic heterocycles. The SMILES string of the molecule is CCCC[C@@H](CC)COC(=O)COc1ccc(C(C)c2ccc(OCC(=O)OC[C@@H](CC)CCCC)cc2)cc1. The van der Waals surface area contributed by atoms with Crippen LogP contribution >= 0.6 is 0 Å². The maximum atomic E-state index is 12.1. The van der Waals surface area contributed by atoms with Crippen LogP contribution in [0.1, 0.15) is 103 Å². The Morgan fingerprint density at radius 3 is 1.32 bits per heavy atom. The lowest BCUT2D eigenvalue weighted by Crippen LogP contribution is -2.19. The smallest absolute Gasteiger partial charge is 0.344 e. The van der Waals surface area contributed by atoms with Crippen LogP contribution in [-0.4, -0.2) is 38.4 Å². The number of ether oxygens (including phenoxy) is 4. The minimum absolute atomic E-state index is 0.0911. The standard InChI is InChI=1S/C34H50O6/c1-6-10-12-27(8-3)22-39-33(35)24-37-31-18-14-29(15-19-31)26(5)30-16-20-32(21-17-30)38-25-34(36)40-23-28(9-4)13-11-7-2/h14-21,26-28H,6-13,22-25H2,1-5H3/t26?,27-,28+. The van der Waals surface area contributed by atoms with Crippen LogP contribution in [0.5, 0.6) is 11.5 Å². The summed E-state index contributed by atoms with van der Waals surface area (Å²) in [5.41, 5.74) is 2.25. The Morgan fingerprint density at radius 1 is 0.625 bits per heavy atom. The average molecular weight is 555 g/mol. The Kier molecular flexibility index (Phi) is 15.9. The monoisotopic (exact) mass is 554 g/mol. The first-order valence-electron chi connectivity index (χ1n) is 15.2. The van der Waals surface area contributed by atoms with Crippen LogP contribution in [0.3, 0.4) is 0 Å². The first-order valence-corrected chi connectivity index (χ1v) is 15.2. The molecule has 40 heavy (non-hydrogen) atoms. The quantitative estimate of drug-likeness (QED) is 0.154. The number of hydrogen-bond acceptors (Lipinski definition) is 6. The van der Waals surface area contributed by atoms with Crippen LogP contribution in [0, 0.1) is 11.8 Å². The minimum Gasteiger partial charge on any atom is -0.482 e. The zero-order valence-corrected chi connectivity index (χ0v) is 25.3. The van der Waals surface area contributed by atoms with Crippen molar-refractivity contribution in [2.45, 2.75) is 91.9 Å². The van der Waals surface area contributed by atoms with Crippen molar-refractivity contribution in [1.82, 2.24) is 0 Å². The predicted octanol–water partition coefficient (Wildman–Crippen LogP) is 8.12. The molecule has 0 spiro atoms. The van der Waals surface area contributed by atoms with Gasteiger partial charge in [0, 0.05) is 5.92 Å². The zero-order chi connectivity index (χ0) is 29.2. The first kappa shape index (κ1) is 33.2. The lowest BCUT2D eigenvalue weighted by Gasteiger charge is -2.16. The van der Waals surface area contributed by atoms with Crippen molar-refractivity contribution < 1.29 is 28.5 Å². The molecule has 0 aliphatic rings. The van der Waals surface area contributed by atoms with Crippen LogP contribution in [0.25, 0.3) is 0 Å². The zero-order valence-electron chi connectivity index (χ0n) is 25.3. The summed E-state index contributed by atoms with van der Waals surface area (Å²) >= 11 is 0. The van der Waals surface area contributed by atoms with Crippen LogP contribution in [0.15, 0.2) is 48.5 Å². The van der Waals surface area contributed by atoms with E-state index in [0.29, 0.717) is 36.5 Å². The van der Waals surface area contributed by atoms with Crippen LogP contribution in [0.4, 0.5) is 0 Å². The molecule has 0 fully saturated rings. The molecule has 222 valence electrons. The highest BCUT2D eigenvalue weighted by molar-refractivity contribution is 5.71. The van der Waals surface area contributed by atoms with Crippen LogP contribution < -0.4 is 9.47 Å². The molecule has 2 rings (SSSR count). The molecule has 1 unspecified atom stereocenters. The molecule has 6 nitrogen and oxygen atoms in total. The molecule has 0 saturated carbocycles. The third kappa shape index (κ3) is 12.4. The highest BCUT2D eigenvalue weighted by Gasteiger charge is 2.13. The summed E-state index contributed by atoms with van der Waals surface area (Å²) in [6.07, 6.45) is 8.81. The summed E-state index contributed by atoms with van der Waals surface area (Å²) in [7, 11) is 0. The maximum Gasteiger partial charge on any atom is 0.344 e. The predicted molar refractivity (Wildman–Crippen MR) is 160 cm³/mol. The minimum atomic E-state index is -0.333. The van der Waals surface area contributed by atoms with Gasteiger partial charge in [0.1, 0.15) is 11.5 Å². The molecule has 0 aromatic heterocycles. The molecule has 0 bridgehead atoms. The molecular formula is C34H50O6. The van der Waals surface area contributed by atoms with Gasteiger partial charge in [-0.25, -0.2) is 9.59 Å². The molecule has 0 aliphatic carbocycles. The van der Waals surface area contributed by atoms with Crippen molar-refractivity contribution in [3.05, 3.63) is 59.7 Å². The normalized spacial score (nSPS) is 13.2. The van der Waals surface area contributed by atoms with E-state index < -0.39 is 0 Å². The van der Waals surface area contributed by atoms with Crippen molar-refractivity contribution in [2.75, 3.05) is 26.4 Å².